The van der Waals surface area contributed by atoms with Crippen LogP contribution >= 0.6 is 10.8 Å². The van der Waals surface area contributed by atoms with Gasteiger partial charge in [0.25, 0.3) is 0 Å². The zero-order chi connectivity index (χ0) is 17.6. The minimum absolute atomic E-state index is 0.0310. The summed E-state index contributed by atoms with van der Waals surface area (Å²) in [7, 11) is -3.06. The summed E-state index contributed by atoms with van der Waals surface area (Å²) in [6.45, 7) is 2.40. The zero-order valence-corrected chi connectivity index (χ0v) is 14.6. The number of carbonyl (C=O) groups is 1. The number of ketones is 1. The van der Waals surface area contributed by atoms with E-state index < -0.39 is 10.8 Å². The van der Waals surface area contributed by atoms with Crippen molar-refractivity contribution in [3.05, 3.63) is 48.0 Å². The summed E-state index contributed by atoms with van der Waals surface area (Å²) >= 11 is 0. The molecule has 0 aliphatic carbocycles. The Balaban J connectivity index is 1.67. The molecule has 7 heteroatoms. The van der Waals surface area contributed by atoms with Crippen molar-refractivity contribution in [2.75, 3.05) is 11.4 Å². The minimum Gasteiger partial charge on any atom is -0.457 e. The minimum atomic E-state index is -3.06. The highest BCUT2D eigenvalue weighted by atomic mass is 32.3. The monoisotopic (exact) mass is 360 g/mol. The Hall–Kier alpha value is -2.06. The van der Waals surface area contributed by atoms with Crippen molar-refractivity contribution in [2.24, 2.45) is 0 Å². The number of nitrogens with zero attached hydrogens (tertiary/aromatic N) is 1. The van der Waals surface area contributed by atoms with Crippen LogP contribution in [0.1, 0.15) is 30.1 Å². The number of anilines is 1. The van der Waals surface area contributed by atoms with Crippen LogP contribution in [0, 0.1) is 0 Å². The van der Waals surface area contributed by atoms with Gasteiger partial charge in [-0.15, -0.1) is 10.8 Å². The second-order valence-corrected chi connectivity index (χ2v) is 8.11. The Kier molecular flexibility index (Phi) is 3.96. The molecule has 0 aromatic heterocycles. The van der Waals surface area contributed by atoms with E-state index in [0.717, 1.165) is 25.1 Å². The third-order valence-electron chi connectivity index (χ3n) is 4.58. The van der Waals surface area contributed by atoms with Crippen molar-refractivity contribution in [3.8, 4) is 11.5 Å². The number of nitrogens with one attached hydrogen (secondary N) is 1. The van der Waals surface area contributed by atoms with Gasteiger partial charge in [0.05, 0.1) is 11.9 Å². The number of hydrogen-bond acceptors (Lipinski definition) is 6. The Morgan fingerprint density at radius 1 is 1.24 bits per heavy atom. The molecule has 2 aliphatic heterocycles. The van der Waals surface area contributed by atoms with E-state index in [4.69, 9.17) is 4.74 Å². The van der Waals surface area contributed by atoms with Crippen LogP contribution in [0.4, 0.5) is 5.69 Å². The van der Waals surface area contributed by atoms with Gasteiger partial charge in [-0.05, 0) is 44.0 Å². The van der Waals surface area contributed by atoms with E-state index in [-0.39, 0.29) is 11.9 Å². The third kappa shape index (κ3) is 3.00. The summed E-state index contributed by atoms with van der Waals surface area (Å²) in [4.78, 5) is 14.1. The van der Waals surface area contributed by atoms with E-state index >= 15 is 0 Å². The van der Waals surface area contributed by atoms with Crippen LogP contribution in [-0.2, 0) is 0 Å². The fourth-order valence-corrected chi connectivity index (χ4v) is 4.88. The van der Waals surface area contributed by atoms with E-state index in [1.165, 1.54) is 6.92 Å². The Labute approximate surface area is 147 Å². The summed E-state index contributed by atoms with van der Waals surface area (Å²) in [6, 6.07) is 12.3. The summed E-state index contributed by atoms with van der Waals surface area (Å²) in [5, 5.41) is 0. The maximum absolute atomic E-state index is 11.5. The number of Topliss-reactive ketones (excluding diaryl/α,β-unsaturated/α-hetero) is 1. The van der Waals surface area contributed by atoms with Gasteiger partial charge in [0.1, 0.15) is 16.4 Å². The average molecular weight is 360 g/mol. The fourth-order valence-electron chi connectivity index (χ4n) is 3.37. The molecule has 2 aromatic carbocycles. The van der Waals surface area contributed by atoms with E-state index in [1.807, 2.05) is 12.1 Å². The van der Waals surface area contributed by atoms with Crippen molar-refractivity contribution in [2.45, 2.75) is 30.8 Å². The molecule has 2 aromatic rings. The zero-order valence-electron chi connectivity index (χ0n) is 13.8. The molecule has 132 valence electrons. The van der Waals surface area contributed by atoms with Crippen LogP contribution in [-0.4, -0.2) is 27.6 Å². The van der Waals surface area contributed by atoms with Crippen molar-refractivity contribution in [1.29, 1.82) is 0 Å². The molecular weight excluding hydrogens is 340 g/mol. The molecule has 0 bridgehead atoms. The van der Waals surface area contributed by atoms with Gasteiger partial charge in [-0.2, -0.15) is 4.72 Å². The Morgan fingerprint density at radius 2 is 2.04 bits per heavy atom. The first-order chi connectivity index (χ1) is 11.9. The third-order valence-corrected chi connectivity index (χ3v) is 6.12. The molecule has 0 saturated carbocycles. The summed E-state index contributed by atoms with van der Waals surface area (Å²) in [6.07, 6.45) is 1.88. The van der Waals surface area contributed by atoms with Crippen molar-refractivity contribution < 1.29 is 18.6 Å². The number of hydrogen-bond donors (Lipinski definition) is 3. The maximum Gasteiger partial charge on any atom is 0.159 e. The van der Waals surface area contributed by atoms with Crippen LogP contribution in [0.25, 0.3) is 0 Å². The molecule has 4 rings (SSSR count). The van der Waals surface area contributed by atoms with Crippen LogP contribution in [0.3, 0.4) is 0 Å². The van der Waals surface area contributed by atoms with Gasteiger partial charge in [-0.1, -0.05) is 12.1 Å². The van der Waals surface area contributed by atoms with E-state index in [0.29, 0.717) is 22.0 Å². The topological polar surface area (TPSA) is 82.0 Å². The Bertz CT molecular complexity index is 840. The van der Waals surface area contributed by atoms with Crippen molar-refractivity contribution in [1.82, 2.24) is 4.72 Å². The number of rotatable bonds is 3. The van der Waals surface area contributed by atoms with Crippen LogP contribution in [0.2, 0.25) is 0 Å². The maximum atomic E-state index is 11.5. The highest BCUT2D eigenvalue weighted by Gasteiger charge is 2.38. The van der Waals surface area contributed by atoms with Gasteiger partial charge in [-0.3, -0.25) is 13.9 Å². The van der Waals surface area contributed by atoms with E-state index in [1.54, 1.807) is 30.3 Å². The molecule has 1 fully saturated rings. The van der Waals surface area contributed by atoms with Crippen LogP contribution in [0.15, 0.2) is 47.4 Å². The lowest BCUT2D eigenvalue weighted by Crippen LogP contribution is -2.46. The molecule has 2 aliphatic rings. The second kappa shape index (κ2) is 6.03. The number of carbonyl (C=O) groups excluding carboxylic acids is 1. The van der Waals surface area contributed by atoms with Crippen LogP contribution < -0.4 is 14.4 Å². The van der Waals surface area contributed by atoms with Gasteiger partial charge >= 0.3 is 0 Å². The first-order valence-corrected chi connectivity index (χ1v) is 9.74. The van der Waals surface area contributed by atoms with Crippen LogP contribution in [0.5, 0.6) is 11.5 Å². The van der Waals surface area contributed by atoms with Gasteiger partial charge in [0.15, 0.2) is 5.78 Å². The lowest BCUT2D eigenvalue weighted by molar-refractivity contribution is 0.101. The quantitative estimate of drug-likeness (QED) is 0.711. The molecule has 1 unspecified atom stereocenters. The highest BCUT2D eigenvalue weighted by Crippen LogP contribution is 2.55. The predicted molar refractivity (Wildman–Crippen MR) is 97.6 cm³/mol. The van der Waals surface area contributed by atoms with E-state index in [2.05, 4.69) is 9.62 Å². The molecular formula is C18H20N2O4S. The number of fused-ring (bicyclic) bond motifs is 3. The first-order valence-electron chi connectivity index (χ1n) is 8.19. The molecule has 6 nitrogen and oxygen atoms in total. The van der Waals surface area contributed by atoms with Gasteiger partial charge in [-0.25, -0.2) is 0 Å². The van der Waals surface area contributed by atoms with Crippen molar-refractivity contribution >= 4 is 22.2 Å². The molecule has 0 spiro atoms. The molecule has 1 atom stereocenters. The molecule has 0 amide bonds. The molecule has 25 heavy (non-hydrogen) atoms. The summed E-state index contributed by atoms with van der Waals surface area (Å²) in [5.74, 6) is 1.00. The summed E-state index contributed by atoms with van der Waals surface area (Å²) in [5.41, 5.74) is 1.41. The van der Waals surface area contributed by atoms with Crippen molar-refractivity contribution in [3.63, 3.8) is 0 Å². The normalized spacial score (nSPS) is 22.0. The molecule has 0 radical (unpaired) electrons. The molecule has 2 heterocycles. The molecule has 3 N–H and O–H groups in total. The average Bonchev–Trinajstić information content (AvgIpc) is 3.02. The second-order valence-electron chi connectivity index (χ2n) is 6.33. The van der Waals surface area contributed by atoms with Gasteiger partial charge in [0, 0.05) is 18.2 Å². The number of benzene rings is 2. The number of ether oxygens (including phenoxy) is 1. The highest BCUT2D eigenvalue weighted by molar-refractivity contribution is 8.22. The smallest absolute Gasteiger partial charge is 0.159 e. The lowest BCUT2D eigenvalue weighted by atomic mass is 10.1. The Morgan fingerprint density at radius 3 is 2.84 bits per heavy atom. The van der Waals surface area contributed by atoms with Gasteiger partial charge < -0.3 is 9.64 Å². The van der Waals surface area contributed by atoms with E-state index in [9.17, 15) is 13.9 Å². The lowest BCUT2D eigenvalue weighted by Gasteiger charge is -2.46. The van der Waals surface area contributed by atoms with Gasteiger partial charge in [0.2, 0.25) is 0 Å². The summed E-state index contributed by atoms with van der Waals surface area (Å²) < 4.78 is 29.7. The molecule has 1 saturated heterocycles. The SMILES string of the molecule is CC(=O)c1cccc(Oc2ccc3c(c2)S(O)(O)NC2CCCN32)c1. The fraction of sp³-hybridized carbons (Fsp3) is 0.278. The first kappa shape index (κ1) is 16.4. The largest absolute Gasteiger partial charge is 0.457 e. The standard InChI is InChI=1S/C18H20N2O4S/c1-12(21)13-4-2-5-14(10-13)24-15-7-8-16-17(11-15)25(22,23)19-18-6-3-9-20(16)18/h2,4-5,7-8,10-11,18-19,22-23H,3,6,9H2,1H3. The predicted octanol–water partition coefficient (Wildman–Crippen LogP) is 4.24.